The normalized spacial score (nSPS) is 8.89. The maximum Gasteiger partial charge on any atom is 1.00 e. The van der Waals surface area contributed by atoms with Gasteiger partial charge in [0.2, 0.25) is 0 Å². The van der Waals surface area contributed by atoms with Gasteiger partial charge in [-0.15, -0.1) is 13.2 Å². The number of unbranched alkanes of at least 4 members (excludes halogenated alkanes) is 6. The first-order valence-corrected chi connectivity index (χ1v) is 7.11. The van der Waals surface area contributed by atoms with Gasteiger partial charge in [-0.05, 0) is 18.6 Å². The average molecular weight is 272 g/mol. The van der Waals surface area contributed by atoms with Crippen LogP contribution in [0.1, 0.15) is 53.3 Å². The summed E-state index contributed by atoms with van der Waals surface area (Å²) >= 11 is 0. The van der Waals surface area contributed by atoms with Crippen molar-refractivity contribution >= 4 is 0 Å². The van der Waals surface area contributed by atoms with E-state index >= 15 is 0 Å². The molecule has 0 unspecified atom stereocenters. The van der Waals surface area contributed by atoms with Crippen LogP contribution in [-0.2, 0) is 0 Å². The van der Waals surface area contributed by atoms with Crippen LogP contribution in [-0.4, -0.2) is 6.61 Å². The summed E-state index contributed by atoms with van der Waals surface area (Å²) in [4.78, 5) is 0. The molecular formula is C17H29NaO. The molecule has 104 valence electrons. The fourth-order valence-corrected chi connectivity index (χ4v) is 1.77. The third kappa shape index (κ3) is 14.0. The molecule has 0 fully saturated rings. The topological polar surface area (TPSA) is 9.23 Å². The van der Waals surface area contributed by atoms with Crippen LogP contribution in [0.15, 0.2) is 43.5 Å². The minimum atomic E-state index is 0. The van der Waals surface area contributed by atoms with Gasteiger partial charge >= 0.3 is 29.6 Å². The molecule has 0 radical (unpaired) electrons. The Balaban J connectivity index is -0.000000689. The third-order valence-corrected chi connectivity index (χ3v) is 2.76. The number of ether oxygens (including phenoxy) is 1. The van der Waals surface area contributed by atoms with E-state index in [2.05, 4.69) is 20.1 Å². The first-order chi connectivity index (χ1) is 8.93. The van der Waals surface area contributed by atoms with Gasteiger partial charge < -0.3 is 6.16 Å². The van der Waals surface area contributed by atoms with Crippen molar-refractivity contribution in [1.29, 1.82) is 0 Å². The molecule has 0 aliphatic heterocycles. The molecule has 1 rings (SSSR count). The van der Waals surface area contributed by atoms with Gasteiger partial charge in [0.1, 0.15) is 5.75 Å². The predicted molar refractivity (Wildman–Crippen MR) is 82.3 cm³/mol. The molecule has 19 heavy (non-hydrogen) atoms. The summed E-state index contributed by atoms with van der Waals surface area (Å²) in [5, 5.41) is 0. The van der Waals surface area contributed by atoms with Crippen LogP contribution in [0.3, 0.4) is 0 Å². The molecule has 0 saturated heterocycles. The van der Waals surface area contributed by atoms with E-state index in [1.807, 2.05) is 30.3 Å². The molecule has 0 saturated carbocycles. The Morgan fingerprint density at radius 2 is 1.42 bits per heavy atom. The van der Waals surface area contributed by atoms with Gasteiger partial charge in [-0.3, -0.25) is 0 Å². The standard InChI is InChI=1S/C15H24O.C2H4.Na.H/c1-2-3-4-5-6-7-11-14-16-15-12-9-8-10-13-15;1-2;;/h8-10,12-13H,2-7,11,14H2,1H3;1-2H2;;/q;;+1;-1. The van der Waals surface area contributed by atoms with Gasteiger partial charge in [0, 0.05) is 0 Å². The molecule has 0 bridgehead atoms. The molecule has 1 aromatic carbocycles. The van der Waals surface area contributed by atoms with E-state index < -0.39 is 0 Å². The molecule has 0 amide bonds. The summed E-state index contributed by atoms with van der Waals surface area (Å²) in [6, 6.07) is 10.1. The zero-order chi connectivity index (χ0) is 13.5. The fourth-order valence-electron chi connectivity index (χ4n) is 1.77. The molecule has 2 heteroatoms. The number of hydrogen-bond donors (Lipinski definition) is 0. The van der Waals surface area contributed by atoms with Gasteiger partial charge in [-0.2, -0.15) is 0 Å². The molecule has 0 aliphatic carbocycles. The molecular weight excluding hydrogens is 243 g/mol. The van der Waals surface area contributed by atoms with Crippen molar-refractivity contribution in [2.24, 2.45) is 0 Å². The van der Waals surface area contributed by atoms with Gasteiger partial charge in [0.15, 0.2) is 0 Å². The second kappa shape index (κ2) is 17.8. The Morgan fingerprint density at radius 1 is 0.895 bits per heavy atom. The Hall–Kier alpha value is -0.240. The largest absolute Gasteiger partial charge is 1.00 e. The molecule has 0 aliphatic rings. The summed E-state index contributed by atoms with van der Waals surface area (Å²) in [5.41, 5.74) is 0. The minimum Gasteiger partial charge on any atom is -1.00 e. The van der Waals surface area contributed by atoms with Gasteiger partial charge in [0.05, 0.1) is 6.61 Å². The maximum absolute atomic E-state index is 5.63. The van der Waals surface area contributed by atoms with Gasteiger partial charge in [-0.25, -0.2) is 0 Å². The number of benzene rings is 1. The predicted octanol–water partition coefficient (Wildman–Crippen LogP) is 2.73. The van der Waals surface area contributed by atoms with E-state index in [4.69, 9.17) is 4.74 Å². The summed E-state index contributed by atoms with van der Waals surface area (Å²) in [6.45, 7) is 9.12. The molecule has 1 nitrogen and oxygen atoms in total. The van der Waals surface area contributed by atoms with Crippen molar-refractivity contribution in [1.82, 2.24) is 0 Å². The SMILES string of the molecule is C=C.CCCCCCCCCOc1ccccc1.[H-].[Na+]. The monoisotopic (exact) mass is 272 g/mol. The molecule has 0 aromatic heterocycles. The number of rotatable bonds is 9. The van der Waals surface area contributed by atoms with Crippen LogP contribution in [0.5, 0.6) is 5.75 Å². The van der Waals surface area contributed by atoms with Crippen molar-refractivity contribution in [3.63, 3.8) is 0 Å². The minimum absolute atomic E-state index is 0. The van der Waals surface area contributed by atoms with Crippen molar-refractivity contribution in [3.05, 3.63) is 43.5 Å². The van der Waals surface area contributed by atoms with Crippen LogP contribution in [0.25, 0.3) is 0 Å². The average Bonchev–Trinajstić information content (AvgIpc) is 2.45. The molecule has 0 atom stereocenters. The van der Waals surface area contributed by atoms with E-state index in [9.17, 15) is 0 Å². The molecule has 0 N–H and O–H groups in total. The number of hydrogen-bond acceptors (Lipinski definition) is 1. The Morgan fingerprint density at radius 3 is 2.00 bits per heavy atom. The molecule has 1 aromatic rings. The Labute approximate surface area is 143 Å². The van der Waals surface area contributed by atoms with E-state index in [-0.39, 0.29) is 31.0 Å². The smallest absolute Gasteiger partial charge is 1.00 e. The number of para-hydroxylation sites is 1. The van der Waals surface area contributed by atoms with E-state index in [0.29, 0.717) is 0 Å². The van der Waals surface area contributed by atoms with Gasteiger partial charge in [-0.1, -0.05) is 63.6 Å². The van der Waals surface area contributed by atoms with Crippen molar-refractivity contribution < 1.29 is 35.7 Å². The Kier molecular flexibility index (Phi) is 19.7. The summed E-state index contributed by atoms with van der Waals surface area (Å²) in [6.07, 6.45) is 9.35. The Bertz CT molecular complexity index is 267. The van der Waals surface area contributed by atoms with E-state index in [1.165, 1.54) is 44.9 Å². The summed E-state index contributed by atoms with van der Waals surface area (Å²) in [7, 11) is 0. The molecule has 0 spiro atoms. The van der Waals surface area contributed by atoms with Crippen LogP contribution < -0.4 is 34.3 Å². The van der Waals surface area contributed by atoms with Crippen LogP contribution in [0, 0.1) is 0 Å². The molecule has 0 heterocycles. The van der Waals surface area contributed by atoms with E-state index in [1.54, 1.807) is 0 Å². The second-order valence-electron chi connectivity index (χ2n) is 4.28. The van der Waals surface area contributed by atoms with Crippen molar-refractivity contribution in [2.45, 2.75) is 51.9 Å². The quantitative estimate of drug-likeness (QED) is 0.381. The van der Waals surface area contributed by atoms with Crippen LogP contribution in [0.2, 0.25) is 0 Å². The maximum atomic E-state index is 5.63. The van der Waals surface area contributed by atoms with Crippen LogP contribution >= 0.6 is 0 Å². The van der Waals surface area contributed by atoms with Gasteiger partial charge in [0.25, 0.3) is 0 Å². The van der Waals surface area contributed by atoms with Crippen LogP contribution in [0.4, 0.5) is 0 Å². The first-order valence-electron chi connectivity index (χ1n) is 7.11. The summed E-state index contributed by atoms with van der Waals surface area (Å²) < 4.78 is 5.63. The van der Waals surface area contributed by atoms with Crippen molar-refractivity contribution in [2.75, 3.05) is 6.61 Å². The fraction of sp³-hybridized carbons (Fsp3) is 0.529. The first kappa shape index (κ1) is 21.1. The summed E-state index contributed by atoms with van der Waals surface area (Å²) in [5.74, 6) is 0.994. The van der Waals surface area contributed by atoms with E-state index in [0.717, 1.165) is 12.4 Å². The zero-order valence-electron chi connectivity index (χ0n) is 13.9. The second-order valence-corrected chi connectivity index (χ2v) is 4.28. The van der Waals surface area contributed by atoms with Crippen molar-refractivity contribution in [3.8, 4) is 5.75 Å². The zero-order valence-corrected chi connectivity index (χ0v) is 14.9. The third-order valence-electron chi connectivity index (χ3n) is 2.76.